The van der Waals surface area contributed by atoms with E-state index >= 15 is 0 Å². The lowest BCUT2D eigenvalue weighted by Gasteiger charge is -2.19. The molecule has 0 amide bonds. The average Bonchev–Trinajstić information content (AvgIpc) is 2.71. The quantitative estimate of drug-likeness (QED) is 0.833. The zero-order chi connectivity index (χ0) is 14.9. The van der Waals surface area contributed by atoms with Crippen molar-refractivity contribution in [3.05, 3.63) is 38.8 Å². The number of nitrogens with one attached hydrogen (secondary N) is 1. The van der Waals surface area contributed by atoms with Crippen LogP contribution >= 0.6 is 27.3 Å². The molecule has 2 aromatic rings. The van der Waals surface area contributed by atoms with Crippen LogP contribution < -0.4 is 5.32 Å². The van der Waals surface area contributed by atoms with E-state index in [1.165, 1.54) is 16.0 Å². The van der Waals surface area contributed by atoms with Gasteiger partial charge in [0.25, 0.3) is 0 Å². The molecule has 0 fully saturated rings. The number of hydrogen-bond acceptors (Lipinski definition) is 3. The first-order chi connectivity index (χ1) is 9.26. The maximum absolute atomic E-state index is 4.71. The Morgan fingerprint density at radius 2 is 1.95 bits per heavy atom. The molecule has 0 unspecified atom stereocenters. The third kappa shape index (κ3) is 3.90. The van der Waals surface area contributed by atoms with Crippen LogP contribution in [0.15, 0.2) is 22.7 Å². The van der Waals surface area contributed by atoms with Crippen molar-refractivity contribution in [2.45, 2.75) is 46.7 Å². The molecule has 1 N–H and O–H groups in total. The molecular formula is C16H21BrN2S. The van der Waals surface area contributed by atoms with Crippen LogP contribution in [0.1, 0.15) is 36.9 Å². The van der Waals surface area contributed by atoms with Gasteiger partial charge in [-0.1, -0.05) is 28.1 Å². The van der Waals surface area contributed by atoms with Crippen molar-refractivity contribution in [1.82, 2.24) is 10.3 Å². The van der Waals surface area contributed by atoms with E-state index in [9.17, 15) is 0 Å². The summed E-state index contributed by atoms with van der Waals surface area (Å²) >= 11 is 5.36. The third-order valence-corrected chi connectivity index (χ3v) is 5.15. The first-order valence-electron chi connectivity index (χ1n) is 6.74. The fourth-order valence-corrected chi connectivity index (χ4v) is 3.16. The molecule has 1 heterocycles. The Balaban J connectivity index is 2.24. The van der Waals surface area contributed by atoms with Crippen molar-refractivity contribution in [2.24, 2.45) is 0 Å². The van der Waals surface area contributed by atoms with Crippen molar-refractivity contribution in [3.8, 4) is 10.6 Å². The predicted octanol–water partition coefficient (Wildman–Crippen LogP) is 5.08. The summed E-state index contributed by atoms with van der Waals surface area (Å²) < 4.78 is 1.14. The second kappa shape index (κ2) is 5.96. The van der Waals surface area contributed by atoms with Crippen LogP contribution in [0.4, 0.5) is 0 Å². The van der Waals surface area contributed by atoms with Gasteiger partial charge in [-0.15, -0.1) is 11.3 Å². The molecule has 0 aliphatic rings. The Morgan fingerprint density at radius 3 is 2.55 bits per heavy atom. The number of nitrogens with zero attached hydrogens (tertiary/aromatic N) is 1. The van der Waals surface area contributed by atoms with Crippen LogP contribution in [0.5, 0.6) is 0 Å². The van der Waals surface area contributed by atoms with Crippen molar-refractivity contribution in [1.29, 1.82) is 0 Å². The van der Waals surface area contributed by atoms with Gasteiger partial charge in [0.15, 0.2) is 0 Å². The maximum atomic E-state index is 4.71. The van der Waals surface area contributed by atoms with E-state index in [1.807, 2.05) is 0 Å². The SMILES string of the molecule is Cc1ccc(-c2nc(C)c(CNC(C)(C)C)s2)cc1Br. The number of aryl methyl sites for hydroxylation is 2. The number of halogens is 1. The molecule has 1 aromatic heterocycles. The number of benzene rings is 1. The monoisotopic (exact) mass is 352 g/mol. The summed E-state index contributed by atoms with van der Waals surface area (Å²) in [6, 6.07) is 6.41. The average molecular weight is 353 g/mol. The van der Waals surface area contributed by atoms with Gasteiger partial charge in [-0.2, -0.15) is 0 Å². The fourth-order valence-electron chi connectivity index (χ4n) is 1.79. The van der Waals surface area contributed by atoms with Crippen LogP contribution in [-0.4, -0.2) is 10.5 Å². The zero-order valence-electron chi connectivity index (χ0n) is 12.7. The fraction of sp³-hybridized carbons (Fsp3) is 0.438. The largest absolute Gasteiger partial charge is 0.307 e. The normalized spacial score (nSPS) is 11.9. The van der Waals surface area contributed by atoms with E-state index in [0.717, 1.165) is 21.7 Å². The topological polar surface area (TPSA) is 24.9 Å². The summed E-state index contributed by atoms with van der Waals surface area (Å²) in [5.41, 5.74) is 3.68. The van der Waals surface area contributed by atoms with Gasteiger partial charge < -0.3 is 5.32 Å². The summed E-state index contributed by atoms with van der Waals surface area (Å²) in [5, 5.41) is 4.62. The van der Waals surface area contributed by atoms with Crippen LogP contribution in [0.2, 0.25) is 0 Å². The molecule has 0 spiro atoms. The lowest BCUT2D eigenvalue weighted by atomic mass is 10.1. The van der Waals surface area contributed by atoms with E-state index < -0.39 is 0 Å². The molecular weight excluding hydrogens is 332 g/mol. The highest BCUT2D eigenvalue weighted by Gasteiger charge is 2.13. The van der Waals surface area contributed by atoms with E-state index in [1.54, 1.807) is 11.3 Å². The number of aromatic nitrogens is 1. The second-order valence-corrected chi connectivity index (χ2v) is 8.03. The summed E-state index contributed by atoms with van der Waals surface area (Å²) in [4.78, 5) is 6.02. The van der Waals surface area contributed by atoms with Crippen LogP contribution in [0.25, 0.3) is 10.6 Å². The molecule has 2 nitrogen and oxygen atoms in total. The predicted molar refractivity (Wildman–Crippen MR) is 91.3 cm³/mol. The Bertz CT molecular complexity index is 611. The van der Waals surface area contributed by atoms with Gasteiger partial charge >= 0.3 is 0 Å². The maximum Gasteiger partial charge on any atom is 0.123 e. The Hall–Kier alpha value is -0.710. The summed E-state index contributed by atoms with van der Waals surface area (Å²) in [6.45, 7) is 11.6. The first kappa shape index (κ1) is 15.7. The molecule has 0 bridgehead atoms. The minimum Gasteiger partial charge on any atom is -0.307 e. The van der Waals surface area contributed by atoms with Gasteiger partial charge in [-0.3, -0.25) is 0 Å². The lowest BCUT2D eigenvalue weighted by molar-refractivity contribution is 0.425. The van der Waals surface area contributed by atoms with E-state index in [0.29, 0.717) is 0 Å². The lowest BCUT2D eigenvalue weighted by Crippen LogP contribution is -2.34. The number of hydrogen-bond donors (Lipinski definition) is 1. The Labute approximate surface area is 133 Å². The highest BCUT2D eigenvalue weighted by Crippen LogP contribution is 2.31. The third-order valence-electron chi connectivity index (χ3n) is 3.09. The Morgan fingerprint density at radius 1 is 1.25 bits per heavy atom. The standard InChI is InChI=1S/C16H21BrN2S/c1-10-6-7-12(8-13(10)17)15-19-11(2)14(20-15)9-18-16(3,4)5/h6-8,18H,9H2,1-5H3. The summed E-state index contributed by atoms with van der Waals surface area (Å²) in [6.07, 6.45) is 0. The second-order valence-electron chi connectivity index (χ2n) is 6.10. The van der Waals surface area contributed by atoms with Gasteiger partial charge in [0, 0.05) is 27.0 Å². The van der Waals surface area contributed by atoms with E-state index in [2.05, 4.69) is 74.1 Å². The molecule has 0 radical (unpaired) electrons. The molecule has 0 saturated heterocycles. The molecule has 4 heteroatoms. The highest BCUT2D eigenvalue weighted by molar-refractivity contribution is 9.10. The summed E-state index contributed by atoms with van der Waals surface area (Å²) in [5.74, 6) is 0. The molecule has 0 atom stereocenters. The van der Waals surface area contributed by atoms with Gasteiger partial charge in [0.05, 0.1) is 5.69 Å². The highest BCUT2D eigenvalue weighted by atomic mass is 79.9. The number of rotatable bonds is 3. The molecule has 1 aromatic carbocycles. The molecule has 0 saturated carbocycles. The smallest absolute Gasteiger partial charge is 0.123 e. The molecule has 0 aliphatic heterocycles. The van der Waals surface area contributed by atoms with Crippen molar-refractivity contribution in [2.75, 3.05) is 0 Å². The van der Waals surface area contributed by atoms with Gasteiger partial charge in [-0.25, -0.2) is 4.98 Å². The number of thiazole rings is 1. The van der Waals surface area contributed by atoms with Gasteiger partial charge in [0.1, 0.15) is 5.01 Å². The molecule has 2 rings (SSSR count). The molecule has 0 aliphatic carbocycles. The van der Waals surface area contributed by atoms with Crippen molar-refractivity contribution < 1.29 is 0 Å². The first-order valence-corrected chi connectivity index (χ1v) is 8.35. The zero-order valence-corrected chi connectivity index (χ0v) is 15.1. The van der Waals surface area contributed by atoms with Gasteiger partial charge in [0.2, 0.25) is 0 Å². The van der Waals surface area contributed by atoms with Crippen molar-refractivity contribution in [3.63, 3.8) is 0 Å². The van der Waals surface area contributed by atoms with Crippen molar-refractivity contribution >= 4 is 27.3 Å². The van der Waals surface area contributed by atoms with Crippen LogP contribution in [0.3, 0.4) is 0 Å². The van der Waals surface area contributed by atoms with Crippen LogP contribution in [0, 0.1) is 13.8 Å². The molecule has 108 valence electrons. The minimum atomic E-state index is 0.128. The van der Waals surface area contributed by atoms with E-state index in [-0.39, 0.29) is 5.54 Å². The van der Waals surface area contributed by atoms with Crippen LogP contribution in [-0.2, 0) is 6.54 Å². The Kier molecular flexibility index (Phi) is 4.67. The minimum absolute atomic E-state index is 0.128. The van der Waals surface area contributed by atoms with Gasteiger partial charge in [-0.05, 0) is 46.2 Å². The molecule has 20 heavy (non-hydrogen) atoms. The summed E-state index contributed by atoms with van der Waals surface area (Å²) in [7, 11) is 0. The van der Waals surface area contributed by atoms with E-state index in [4.69, 9.17) is 4.98 Å².